The summed E-state index contributed by atoms with van der Waals surface area (Å²) in [6.45, 7) is 4.28. The van der Waals surface area contributed by atoms with Crippen molar-refractivity contribution < 1.29 is 23.5 Å². The Bertz CT molecular complexity index is 745. The third-order valence-electron chi connectivity index (χ3n) is 4.44. The second kappa shape index (κ2) is 9.41. The molecule has 2 aromatic rings. The summed E-state index contributed by atoms with van der Waals surface area (Å²) in [7, 11) is 1.59. The van der Waals surface area contributed by atoms with Crippen molar-refractivity contribution >= 4 is 5.91 Å². The molecule has 0 radical (unpaired) electrons. The minimum atomic E-state index is -0.132. The van der Waals surface area contributed by atoms with Gasteiger partial charge in [0.2, 0.25) is 0 Å². The molecule has 3 rings (SSSR count). The van der Waals surface area contributed by atoms with E-state index < -0.39 is 0 Å². The number of hydrogen-bond acceptors (Lipinski definition) is 6. The van der Waals surface area contributed by atoms with E-state index in [2.05, 4.69) is 12.1 Å². The monoisotopic (exact) mass is 374 g/mol. The van der Waals surface area contributed by atoms with Crippen molar-refractivity contribution in [3.05, 3.63) is 41.8 Å². The average Bonchev–Trinajstić information content (AvgIpc) is 3.19. The summed E-state index contributed by atoms with van der Waals surface area (Å²) < 4.78 is 22.0. The summed E-state index contributed by atoms with van der Waals surface area (Å²) in [5.74, 6) is 1.60. The Labute approximate surface area is 159 Å². The van der Waals surface area contributed by atoms with Gasteiger partial charge in [0, 0.05) is 25.8 Å². The van der Waals surface area contributed by atoms with Crippen LogP contribution in [-0.4, -0.2) is 48.9 Å². The van der Waals surface area contributed by atoms with Crippen molar-refractivity contribution in [3.8, 4) is 11.5 Å². The number of carbonyl (C=O) groups is 1. The number of rotatable bonds is 8. The van der Waals surface area contributed by atoms with Crippen LogP contribution in [0.15, 0.2) is 34.9 Å². The van der Waals surface area contributed by atoms with Crippen LogP contribution in [0.2, 0.25) is 0 Å². The Morgan fingerprint density at radius 1 is 1.33 bits per heavy atom. The maximum Gasteiger partial charge on any atom is 0.276 e. The van der Waals surface area contributed by atoms with E-state index >= 15 is 0 Å². The number of piperidine rings is 1. The second-order valence-corrected chi connectivity index (χ2v) is 6.50. The molecule has 1 amide bonds. The molecule has 1 aromatic carbocycles. The Morgan fingerprint density at radius 2 is 2.15 bits per heavy atom. The zero-order valence-electron chi connectivity index (χ0n) is 15.8. The normalized spacial score (nSPS) is 17.0. The molecule has 7 heteroatoms. The number of carbonyl (C=O) groups excluding carboxylic acids is 1. The lowest BCUT2D eigenvalue weighted by Gasteiger charge is -2.32. The summed E-state index contributed by atoms with van der Waals surface area (Å²) in [6.07, 6.45) is 2.99. The first kappa shape index (κ1) is 19.2. The Morgan fingerprint density at radius 3 is 2.93 bits per heavy atom. The number of ether oxygens (including phenoxy) is 3. The number of para-hydroxylation sites is 2. The first-order chi connectivity index (χ1) is 13.2. The van der Waals surface area contributed by atoms with Gasteiger partial charge < -0.3 is 23.6 Å². The summed E-state index contributed by atoms with van der Waals surface area (Å²) in [5.41, 5.74) is 0.296. The van der Waals surface area contributed by atoms with Gasteiger partial charge in [-0.05, 0) is 31.4 Å². The molecule has 0 spiro atoms. The quantitative estimate of drug-likeness (QED) is 0.706. The van der Waals surface area contributed by atoms with E-state index in [-0.39, 0.29) is 18.6 Å². The number of benzene rings is 1. The van der Waals surface area contributed by atoms with Crippen LogP contribution in [0, 0.1) is 0 Å². The first-order valence-corrected chi connectivity index (χ1v) is 9.33. The van der Waals surface area contributed by atoms with Crippen LogP contribution < -0.4 is 9.47 Å². The molecule has 1 atom stereocenters. The summed E-state index contributed by atoms with van der Waals surface area (Å²) in [6, 6.07) is 8.99. The largest absolute Gasteiger partial charge is 0.493 e. The van der Waals surface area contributed by atoms with Crippen LogP contribution in [0.5, 0.6) is 11.5 Å². The maximum absolute atomic E-state index is 12.7. The van der Waals surface area contributed by atoms with Gasteiger partial charge in [0.1, 0.15) is 6.61 Å². The van der Waals surface area contributed by atoms with E-state index in [1.165, 1.54) is 0 Å². The highest BCUT2D eigenvalue weighted by Crippen LogP contribution is 2.26. The molecule has 27 heavy (non-hydrogen) atoms. The van der Waals surface area contributed by atoms with Gasteiger partial charge in [-0.3, -0.25) is 4.79 Å². The van der Waals surface area contributed by atoms with E-state index in [9.17, 15) is 4.79 Å². The van der Waals surface area contributed by atoms with Crippen LogP contribution in [0.4, 0.5) is 0 Å². The van der Waals surface area contributed by atoms with E-state index in [1.807, 2.05) is 24.3 Å². The molecule has 1 aromatic heterocycles. The van der Waals surface area contributed by atoms with Crippen molar-refractivity contribution in [3.63, 3.8) is 0 Å². The van der Waals surface area contributed by atoms with Gasteiger partial charge in [-0.25, -0.2) is 0 Å². The highest BCUT2D eigenvalue weighted by atomic mass is 16.5. The summed E-state index contributed by atoms with van der Waals surface area (Å²) in [5, 5.41) is 3.92. The van der Waals surface area contributed by atoms with Gasteiger partial charge in [-0.2, -0.15) is 0 Å². The van der Waals surface area contributed by atoms with Crippen molar-refractivity contribution in [2.24, 2.45) is 0 Å². The topological polar surface area (TPSA) is 74.0 Å². The Balaban J connectivity index is 1.57. The predicted octanol–water partition coefficient (Wildman–Crippen LogP) is 3.29. The van der Waals surface area contributed by atoms with Crippen molar-refractivity contribution in [1.29, 1.82) is 0 Å². The van der Waals surface area contributed by atoms with E-state index in [4.69, 9.17) is 18.7 Å². The van der Waals surface area contributed by atoms with E-state index in [0.717, 1.165) is 25.9 Å². The molecule has 7 nitrogen and oxygen atoms in total. The molecule has 0 saturated carbocycles. The van der Waals surface area contributed by atoms with Gasteiger partial charge in [-0.1, -0.05) is 24.2 Å². The smallest absolute Gasteiger partial charge is 0.276 e. The molecular formula is C20H26N2O5. The molecule has 1 aliphatic heterocycles. The molecule has 1 unspecified atom stereocenters. The number of likely N-dealkylation sites (tertiary alicyclic amines) is 1. The Hall–Kier alpha value is -2.54. The first-order valence-electron chi connectivity index (χ1n) is 9.33. The SMILES string of the molecule is CCCOC1CCCN(C(=O)c2cc(COc3ccccc3OC)on2)C1. The molecule has 146 valence electrons. The molecule has 1 aliphatic rings. The predicted molar refractivity (Wildman–Crippen MR) is 99.0 cm³/mol. The number of hydrogen-bond donors (Lipinski definition) is 0. The zero-order chi connectivity index (χ0) is 19.1. The van der Waals surface area contributed by atoms with Gasteiger partial charge in [0.15, 0.2) is 23.0 Å². The Kier molecular flexibility index (Phi) is 6.70. The number of amides is 1. The lowest BCUT2D eigenvalue weighted by Crippen LogP contribution is -2.43. The summed E-state index contributed by atoms with van der Waals surface area (Å²) in [4.78, 5) is 14.5. The summed E-state index contributed by atoms with van der Waals surface area (Å²) >= 11 is 0. The zero-order valence-corrected chi connectivity index (χ0v) is 15.8. The standard InChI is InChI=1S/C20H26N2O5/c1-3-11-25-15-7-6-10-22(13-15)20(23)17-12-16(27-21-17)14-26-19-9-5-4-8-18(19)24-2/h4-5,8-9,12,15H,3,6-7,10-11,13-14H2,1-2H3. The van der Waals surface area contributed by atoms with Crippen molar-refractivity contribution in [2.75, 3.05) is 26.8 Å². The van der Waals surface area contributed by atoms with Gasteiger partial charge in [-0.15, -0.1) is 0 Å². The molecular weight excluding hydrogens is 348 g/mol. The minimum Gasteiger partial charge on any atom is -0.493 e. The van der Waals surface area contributed by atoms with Crippen molar-refractivity contribution in [2.45, 2.75) is 38.9 Å². The molecule has 1 fully saturated rings. The fraction of sp³-hybridized carbons (Fsp3) is 0.500. The number of aromatic nitrogens is 1. The fourth-order valence-electron chi connectivity index (χ4n) is 3.07. The number of methoxy groups -OCH3 is 1. The fourth-order valence-corrected chi connectivity index (χ4v) is 3.07. The lowest BCUT2D eigenvalue weighted by molar-refractivity contribution is 0.00180. The molecule has 2 heterocycles. The highest BCUT2D eigenvalue weighted by Gasteiger charge is 2.27. The molecule has 1 saturated heterocycles. The average molecular weight is 374 g/mol. The molecule has 0 bridgehead atoms. The molecule has 0 aliphatic carbocycles. The molecule has 0 N–H and O–H groups in total. The van der Waals surface area contributed by atoms with Gasteiger partial charge >= 0.3 is 0 Å². The second-order valence-electron chi connectivity index (χ2n) is 6.50. The van der Waals surface area contributed by atoms with Crippen LogP contribution >= 0.6 is 0 Å². The third kappa shape index (κ3) is 5.01. The van der Waals surface area contributed by atoms with Crippen molar-refractivity contribution in [1.82, 2.24) is 10.1 Å². The van der Waals surface area contributed by atoms with Crippen LogP contribution in [0.1, 0.15) is 42.4 Å². The van der Waals surface area contributed by atoms with Crippen LogP contribution in [0.3, 0.4) is 0 Å². The van der Waals surface area contributed by atoms with E-state index in [1.54, 1.807) is 18.1 Å². The van der Waals surface area contributed by atoms with Gasteiger partial charge in [0.25, 0.3) is 5.91 Å². The highest BCUT2D eigenvalue weighted by molar-refractivity contribution is 5.92. The van der Waals surface area contributed by atoms with E-state index in [0.29, 0.717) is 36.0 Å². The van der Waals surface area contributed by atoms with Crippen LogP contribution in [0.25, 0.3) is 0 Å². The maximum atomic E-state index is 12.7. The lowest BCUT2D eigenvalue weighted by atomic mass is 10.1. The number of nitrogens with zero attached hydrogens (tertiary/aromatic N) is 2. The van der Waals surface area contributed by atoms with Gasteiger partial charge in [0.05, 0.1) is 13.2 Å². The minimum absolute atomic E-state index is 0.0999. The van der Waals surface area contributed by atoms with Crippen LogP contribution in [-0.2, 0) is 11.3 Å². The third-order valence-corrected chi connectivity index (χ3v) is 4.44.